The molecule has 0 aliphatic heterocycles. The first-order chi connectivity index (χ1) is 16.0. The summed E-state index contributed by atoms with van der Waals surface area (Å²) in [7, 11) is 0. The number of fused-ring (bicyclic) bond motifs is 1. The molecule has 0 saturated carbocycles. The minimum absolute atomic E-state index is 0.317. The Kier molecular flexibility index (Phi) is 5.35. The highest BCUT2D eigenvalue weighted by molar-refractivity contribution is 6.31. The van der Waals surface area contributed by atoms with E-state index < -0.39 is 5.82 Å². The first-order valence-corrected chi connectivity index (χ1v) is 10.5. The third-order valence-electron chi connectivity index (χ3n) is 5.22. The Morgan fingerprint density at radius 3 is 2.73 bits per heavy atom. The van der Waals surface area contributed by atoms with Gasteiger partial charge in [0.05, 0.1) is 18.4 Å². The number of amides is 1. The van der Waals surface area contributed by atoms with Crippen LogP contribution >= 0.6 is 11.6 Å². The third-order valence-corrected chi connectivity index (χ3v) is 5.57. The monoisotopic (exact) mass is 460 g/mol. The second-order valence-corrected chi connectivity index (χ2v) is 7.99. The van der Waals surface area contributed by atoms with Crippen molar-refractivity contribution in [3.8, 4) is 11.3 Å². The number of nitrogens with one attached hydrogen (secondary N) is 1. The topological polar surface area (TPSA) is 77.1 Å². The molecule has 5 aromatic rings. The summed E-state index contributed by atoms with van der Waals surface area (Å²) in [5.41, 5.74) is 4.46. The lowest BCUT2D eigenvalue weighted by molar-refractivity contribution is 0.102. The van der Waals surface area contributed by atoms with Crippen LogP contribution in [0.25, 0.3) is 16.9 Å². The molecule has 0 radical (unpaired) electrons. The van der Waals surface area contributed by atoms with Gasteiger partial charge in [0.15, 0.2) is 11.5 Å². The molecular weight excluding hydrogens is 443 g/mol. The minimum Gasteiger partial charge on any atom is -0.305 e. The van der Waals surface area contributed by atoms with Crippen molar-refractivity contribution in [2.75, 3.05) is 5.32 Å². The first-order valence-electron chi connectivity index (χ1n) is 10.2. The summed E-state index contributed by atoms with van der Waals surface area (Å²) in [4.78, 5) is 17.3. The maximum absolute atomic E-state index is 13.3. The number of anilines is 1. The van der Waals surface area contributed by atoms with Crippen molar-refractivity contribution in [1.82, 2.24) is 24.4 Å². The summed E-state index contributed by atoms with van der Waals surface area (Å²) in [6.07, 6.45) is 4.86. The molecule has 3 aromatic heterocycles. The van der Waals surface area contributed by atoms with Crippen molar-refractivity contribution in [1.29, 1.82) is 0 Å². The molecule has 0 unspecified atom stereocenters. The van der Waals surface area contributed by atoms with E-state index in [1.807, 2.05) is 37.3 Å². The predicted octanol–water partition coefficient (Wildman–Crippen LogP) is 4.99. The smallest absolute Gasteiger partial charge is 0.262 e. The quantitative estimate of drug-likeness (QED) is 0.400. The van der Waals surface area contributed by atoms with E-state index in [9.17, 15) is 9.18 Å². The normalized spacial score (nSPS) is 11.1. The molecule has 1 N–H and O–H groups in total. The van der Waals surface area contributed by atoms with E-state index in [4.69, 9.17) is 11.6 Å². The zero-order chi connectivity index (χ0) is 22.9. The molecule has 2 aromatic carbocycles. The van der Waals surface area contributed by atoms with Crippen LogP contribution in [0.1, 0.15) is 21.5 Å². The first kappa shape index (κ1) is 20.8. The second kappa shape index (κ2) is 8.48. The summed E-state index contributed by atoms with van der Waals surface area (Å²) in [6.45, 7) is 2.37. The summed E-state index contributed by atoms with van der Waals surface area (Å²) in [6, 6.07) is 15.8. The van der Waals surface area contributed by atoms with Gasteiger partial charge in [0.1, 0.15) is 11.4 Å². The lowest BCUT2D eigenvalue weighted by atomic mass is 10.1. The molecular formula is C24H18ClFN6O. The van der Waals surface area contributed by atoms with Crippen LogP contribution in [0.3, 0.4) is 0 Å². The Balaban J connectivity index is 1.37. The molecule has 33 heavy (non-hydrogen) atoms. The molecule has 3 heterocycles. The highest BCUT2D eigenvalue weighted by atomic mass is 35.5. The van der Waals surface area contributed by atoms with Crippen molar-refractivity contribution < 1.29 is 9.18 Å². The zero-order valence-electron chi connectivity index (χ0n) is 17.5. The van der Waals surface area contributed by atoms with Gasteiger partial charge in [-0.15, -0.1) is 0 Å². The van der Waals surface area contributed by atoms with Gasteiger partial charge in [-0.25, -0.2) is 13.9 Å². The number of benzene rings is 2. The Morgan fingerprint density at radius 2 is 1.94 bits per heavy atom. The average Bonchev–Trinajstić information content (AvgIpc) is 3.43. The van der Waals surface area contributed by atoms with Gasteiger partial charge in [-0.2, -0.15) is 10.2 Å². The van der Waals surface area contributed by atoms with Gasteiger partial charge >= 0.3 is 0 Å². The van der Waals surface area contributed by atoms with E-state index in [0.29, 0.717) is 28.6 Å². The maximum Gasteiger partial charge on any atom is 0.262 e. The minimum atomic E-state index is -0.398. The van der Waals surface area contributed by atoms with E-state index in [1.54, 1.807) is 33.7 Å². The third kappa shape index (κ3) is 4.20. The molecule has 0 bridgehead atoms. The number of nitrogens with zero attached hydrogens (tertiary/aromatic N) is 5. The van der Waals surface area contributed by atoms with Crippen LogP contribution in [0.2, 0.25) is 5.02 Å². The molecule has 1 amide bonds. The fourth-order valence-electron chi connectivity index (χ4n) is 3.52. The van der Waals surface area contributed by atoms with E-state index in [1.165, 1.54) is 18.3 Å². The van der Waals surface area contributed by atoms with Crippen LogP contribution in [0, 0.1) is 12.7 Å². The molecule has 5 rings (SSSR count). The molecule has 0 fully saturated rings. The van der Waals surface area contributed by atoms with Crippen LogP contribution < -0.4 is 5.32 Å². The lowest BCUT2D eigenvalue weighted by Crippen LogP contribution is -2.13. The molecule has 0 saturated heterocycles. The van der Waals surface area contributed by atoms with Crippen molar-refractivity contribution in [2.24, 2.45) is 0 Å². The number of halogens is 2. The molecule has 0 spiro atoms. The molecule has 9 heteroatoms. The van der Waals surface area contributed by atoms with E-state index in [0.717, 1.165) is 22.4 Å². The maximum atomic E-state index is 13.3. The fourth-order valence-corrected chi connectivity index (χ4v) is 3.75. The van der Waals surface area contributed by atoms with E-state index in [2.05, 4.69) is 20.5 Å². The Morgan fingerprint density at radius 1 is 1.12 bits per heavy atom. The molecule has 0 aliphatic rings. The number of aryl methyl sites for hydroxylation is 1. The largest absolute Gasteiger partial charge is 0.305 e. The summed E-state index contributed by atoms with van der Waals surface area (Å²) in [5, 5.41) is 11.8. The Hall–Kier alpha value is -4.04. The van der Waals surface area contributed by atoms with Gasteiger partial charge in [-0.05, 0) is 30.7 Å². The number of carbonyl (C=O) groups is 1. The molecule has 7 nitrogen and oxygen atoms in total. The van der Waals surface area contributed by atoms with E-state index >= 15 is 0 Å². The van der Waals surface area contributed by atoms with Gasteiger partial charge < -0.3 is 5.32 Å². The molecule has 0 atom stereocenters. The van der Waals surface area contributed by atoms with Crippen LogP contribution in [-0.2, 0) is 6.54 Å². The van der Waals surface area contributed by atoms with Crippen LogP contribution in [0.15, 0.2) is 73.2 Å². The lowest BCUT2D eigenvalue weighted by Gasteiger charge is -2.06. The Labute approximate surface area is 193 Å². The average molecular weight is 461 g/mol. The highest BCUT2D eigenvalue weighted by Gasteiger charge is 2.17. The number of rotatable bonds is 5. The highest BCUT2D eigenvalue weighted by Crippen LogP contribution is 2.22. The van der Waals surface area contributed by atoms with Gasteiger partial charge in [0.2, 0.25) is 0 Å². The van der Waals surface area contributed by atoms with E-state index in [-0.39, 0.29) is 5.91 Å². The molecule has 0 aliphatic carbocycles. The summed E-state index contributed by atoms with van der Waals surface area (Å²) < 4.78 is 16.5. The summed E-state index contributed by atoms with van der Waals surface area (Å²) in [5.74, 6) is -0.402. The second-order valence-electron chi connectivity index (χ2n) is 7.58. The molecule has 164 valence electrons. The van der Waals surface area contributed by atoms with Gasteiger partial charge in [0.25, 0.3) is 5.91 Å². The van der Waals surface area contributed by atoms with Crippen molar-refractivity contribution in [2.45, 2.75) is 13.5 Å². The standard InChI is InChI=1S/C24H18ClFN6O/c1-15-2-4-16(5-3-15)21-8-10-27-23-19(13-28-32(21)23)24(33)29-22-9-11-31(30-22)14-17-6-7-18(26)12-20(17)25/h2-13H,14H2,1H3,(H,29,30,33). The van der Waals surface area contributed by atoms with Gasteiger partial charge in [-0.1, -0.05) is 47.5 Å². The number of hydrogen-bond acceptors (Lipinski definition) is 4. The van der Waals surface area contributed by atoms with Crippen molar-refractivity contribution >= 4 is 29.0 Å². The number of carbonyl (C=O) groups excluding carboxylic acids is 1. The van der Waals surface area contributed by atoms with Crippen LogP contribution in [0.5, 0.6) is 0 Å². The summed E-state index contributed by atoms with van der Waals surface area (Å²) >= 11 is 6.09. The van der Waals surface area contributed by atoms with Gasteiger partial charge in [0, 0.05) is 29.0 Å². The number of aromatic nitrogens is 5. The van der Waals surface area contributed by atoms with Crippen molar-refractivity contribution in [3.05, 3.63) is 101 Å². The zero-order valence-corrected chi connectivity index (χ0v) is 18.3. The predicted molar refractivity (Wildman–Crippen MR) is 124 cm³/mol. The van der Waals surface area contributed by atoms with Crippen molar-refractivity contribution in [3.63, 3.8) is 0 Å². The fraction of sp³-hybridized carbons (Fsp3) is 0.0833. The SMILES string of the molecule is Cc1ccc(-c2ccnc3c(C(=O)Nc4ccn(Cc5ccc(F)cc5Cl)n4)cnn23)cc1. The van der Waals surface area contributed by atoms with Crippen LogP contribution in [0.4, 0.5) is 10.2 Å². The number of hydrogen-bond donors (Lipinski definition) is 1. The van der Waals surface area contributed by atoms with Crippen LogP contribution in [-0.4, -0.2) is 30.3 Å². The Bertz CT molecular complexity index is 1470. The van der Waals surface area contributed by atoms with Gasteiger partial charge in [-0.3, -0.25) is 9.48 Å².